The number of benzene rings is 3. The van der Waals surface area contributed by atoms with Gasteiger partial charge in [0, 0.05) is 10.6 Å². The van der Waals surface area contributed by atoms with Gasteiger partial charge in [0.2, 0.25) is 17.7 Å². The third kappa shape index (κ3) is 4.70. The predicted molar refractivity (Wildman–Crippen MR) is 111 cm³/mol. The molecule has 0 aliphatic carbocycles. The molecule has 1 N–H and O–H groups in total. The van der Waals surface area contributed by atoms with Gasteiger partial charge in [0.1, 0.15) is 6.04 Å². The smallest absolute Gasteiger partial charge is 0.247 e. The number of amides is 1. The minimum atomic E-state index is -0.541. The third-order valence-corrected chi connectivity index (χ3v) is 4.68. The van der Waals surface area contributed by atoms with E-state index in [-0.39, 0.29) is 12.3 Å². The van der Waals surface area contributed by atoms with Crippen molar-refractivity contribution in [2.75, 3.05) is 0 Å². The number of carbonyl (C=O) groups excluding carboxylic acids is 1. The second-order valence-electron chi connectivity index (χ2n) is 6.53. The van der Waals surface area contributed by atoms with Gasteiger partial charge in [0.25, 0.3) is 0 Å². The number of nitrogens with zero attached hydrogens (tertiary/aromatic N) is 2. The second kappa shape index (κ2) is 8.71. The minimum Gasteiger partial charge on any atom is -0.418 e. The lowest BCUT2D eigenvalue weighted by molar-refractivity contribution is -0.121. The van der Waals surface area contributed by atoms with Gasteiger partial charge in [-0.1, -0.05) is 72.3 Å². The average Bonchev–Trinajstić information content (AvgIpc) is 3.25. The Hall–Kier alpha value is -3.44. The van der Waals surface area contributed by atoms with E-state index >= 15 is 0 Å². The molecule has 5 nitrogen and oxygen atoms in total. The van der Waals surface area contributed by atoms with Crippen LogP contribution in [0.5, 0.6) is 0 Å². The summed E-state index contributed by atoms with van der Waals surface area (Å²) in [6.07, 6.45) is 0.222. The lowest BCUT2D eigenvalue weighted by atomic mass is 10.1. The number of aromatic nitrogens is 2. The third-order valence-electron chi connectivity index (χ3n) is 4.42. The Kier molecular flexibility index (Phi) is 5.68. The second-order valence-corrected chi connectivity index (χ2v) is 6.96. The van der Waals surface area contributed by atoms with Gasteiger partial charge >= 0.3 is 0 Å². The van der Waals surface area contributed by atoms with Crippen molar-refractivity contribution >= 4 is 17.5 Å². The number of rotatable bonds is 6. The Morgan fingerprint density at radius 3 is 2.24 bits per heavy atom. The van der Waals surface area contributed by atoms with Gasteiger partial charge in [-0.3, -0.25) is 4.79 Å². The molecule has 0 fully saturated rings. The molecule has 1 atom stereocenters. The minimum absolute atomic E-state index is 0.152. The number of halogens is 1. The van der Waals surface area contributed by atoms with Crippen LogP contribution < -0.4 is 5.32 Å². The van der Waals surface area contributed by atoms with Crippen LogP contribution in [0.3, 0.4) is 0 Å². The van der Waals surface area contributed by atoms with Crippen LogP contribution in [-0.4, -0.2) is 16.1 Å². The van der Waals surface area contributed by atoms with Crippen molar-refractivity contribution < 1.29 is 9.21 Å². The van der Waals surface area contributed by atoms with Gasteiger partial charge in [0.15, 0.2) is 0 Å². The Labute approximate surface area is 173 Å². The highest BCUT2D eigenvalue weighted by atomic mass is 35.5. The topological polar surface area (TPSA) is 68.0 Å². The van der Waals surface area contributed by atoms with E-state index in [4.69, 9.17) is 16.0 Å². The number of hydrogen-bond acceptors (Lipinski definition) is 4. The van der Waals surface area contributed by atoms with Crippen molar-refractivity contribution in [2.24, 2.45) is 0 Å². The molecular weight excluding hydrogens is 386 g/mol. The Morgan fingerprint density at radius 1 is 0.897 bits per heavy atom. The summed E-state index contributed by atoms with van der Waals surface area (Å²) in [5, 5.41) is 12.0. The van der Waals surface area contributed by atoms with Crippen LogP contribution in [0.15, 0.2) is 89.3 Å². The fourth-order valence-corrected chi connectivity index (χ4v) is 3.11. The molecule has 1 aromatic heterocycles. The first kappa shape index (κ1) is 18.9. The molecule has 0 radical (unpaired) electrons. The van der Waals surface area contributed by atoms with E-state index in [1.165, 1.54) is 0 Å². The van der Waals surface area contributed by atoms with Crippen LogP contribution in [0, 0.1) is 0 Å². The van der Waals surface area contributed by atoms with Gasteiger partial charge in [-0.2, -0.15) is 0 Å². The zero-order valence-electron chi connectivity index (χ0n) is 15.5. The highest BCUT2D eigenvalue weighted by molar-refractivity contribution is 6.30. The van der Waals surface area contributed by atoms with Gasteiger partial charge in [-0.25, -0.2) is 0 Å². The lowest BCUT2D eigenvalue weighted by Gasteiger charge is -2.16. The maximum absolute atomic E-state index is 12.7. The van der Waals surface area contributed by atoms with Crippen LogP contribution in [0.2, 0.25) is 5.02 Å². The summed E-state index contributed by atoms with van der Waals surface area (Å²) < 4.78 is 5.90. The largest absolute Gasteiger partial charge is 0.418 e. The van der Waals surface area contributed by atoms with E-state index in [0.29, 0.717) is 16.8 Å². The van der Waals surface area contributed by atoms with E-state index in [1.807, 2.05) is 72.8 Å². The molecule has 4 rings (SSSR count). The first-order chi connectivity index (χ1) is 14.2. The number of carbonyl (C=O) groups is 1. The maximum atomic E-state index is 12.7. The van der Waals surface area contributed by atoms with Crippen molar-refractivity contribution in [3.63, 3.8) is 0 Å². The molecule has 4 aromatic rings. The molecule has 29 heavy (non-hydrogen) atoms. The number of nitrogens with one attached hydrogen (secondary N) is 1. The zero-order chi connectivity index (χ0) is 20.1. The van der Waals surface area contributed by atoms with E-state index in [1.54, 1.807) is 12.1 Å². The van der Waals surface area contributed by atoms with E-state index in [0.717, 1.165) is 16.7 Å². The SMILES string of the molecule is O=C(Cc1ccc(Cl)cc1)N[C@@H](c1ccccc1)c1nnc(-c2ccccc2)o1. The van der Waals surface area contributed by atoms with Crippen molar-refractivity contribution in [3.8, 4) is 11.5 Å². The zero-order valence-corrected chi connectivity index (χ0v) is 16.2. The molecule has 0 saturated heterocycles. The summed E-state index contributed by atoms with van der Waals surface area (Å²) in [4.78, 5) is 12.7. The number of hydrogen-bond donors (Lipinski definition) is 1. The van der Waals surface area contributed by atoms with Crippen molar-refractivity contribution in [2.45, 2.75) is 12.5 Å². The summed E-state index contributed by atoms with van der Waals surface area (Å²) in [6.45, 7) is 0. The summed E-state index contributed by atoms with van der Waals surface area (Å²) in [5.41, 5.74) is 2.56. The Bertz CT molecular complexity index is 1080. The molecule has 6 heteroatoms. The van der Waals surface area contributed by atoms with Gasteiger partial charge in [-0.15, -0.1) is 10.2 Å². The van der Waals surface area contributed by atoms with Crippen molar-refractivity contribution in [3.05, 3.63) is 107 Å². The molecule has 3 aromatic carbocycles. The first-order valence-corrected chi connectivity index (χ1v) is 9.54. The predicted octanol–water partition coefficient (Wildman–Crippen LogP) is 4.84. The highest BCUT2D eigenvalue weighted by Crippen LogP contribution is 2.25. The fourth-order valence-electron chi connectivity index (χ4n) is 2.98. The van der Waals surface area contributed by atoms with Crippen LogP contribution in [-0.2, 0) is 11.2 Å². The van der Waals surface area contributed by atoms with Gasteiger partial charge in [0.05, 0.1) is 6.42 Å². The first-order valence-electron chi connectivity index (χ1n) is 9.16. The molecule has 0 bridgehead atoms. The van der Waals surface area contributed by atoms with Crippen LogP contribution in [0.4, 0.5) is 0 Å². The highest BCUT2D eigenvalue weighted by Gasteiger charge is 2.23. The molecule has 0 spiro atoms. The molecule has 0 saturated carbocycles. The van der Waals surface area contributed by atoms with E-state index < -0.39 is 6.04 Å². The summed E-state index contributed by atoms with van der Waals surface area (Å²) in [5.74, 6) is 0.591. The normalized spacial score (nSPS) is 11.8. The van der Waals surface area contributed by atoms with Gasteiger partial charge < -0.3 is 9.73 Å². The van der Waals surface area contributed by atoms with Crippen molar-refractivity contribution in [1.29, 1.82) is 0 Å². The molecule has 144 valence electrons. The monoisotopic (exact) mass is 403 g/mol. The molecule has 0 unspecified atom stereocenters. The standard InChI is InChI=1S/C23H18ClN3O2/c24-19-13-11-16(12-14-19)15-20(28)25-21(17-7-3-1-4-8-17)23-27-26-22(29-23)18-9-5-2-6-10-18/h1-14,21H,15H2,(H,25,28)/t21-/m0/s1. The molecule has 1 heterocycles. The molecule has 1 amide bonds. The van der Waals surface area contributed by atoms with Crippen LogP contribution >= 0.6 is 11.6 Å². The maximum Gasteiger partial charge on any atom is 0.247 e. The van der Waals surface area contributed by atoms with Crippen LogP contribution in [0.1, 0.15) is 23.1 Å². The quantitative estimate of drug-likeness (QED) is 0.500. The molecular formula is C23H18ClN3O2. The van der Waals surface area contributed by atoms with Crippen LogP contribution in [0.25, 0.3) is 11.5 Å². The van der Waals surface area contributed by atoms with E-state index in [2.05, 4.69) is 15.5 Å². The van der Waals surface area contributed by atoms with E-state index in [9.17, 15) is 4.79 Å². The summed E-state index contributed by atoms with van der Waals surface area (Å²) in [6, 6.07) is 25.7. The fraction of sp³-hybridized carbons (Fsp3) is 0.0870. The van der Waals surface area contributed by atoms with Crippen molar-refractivity contribution in [1.82, 2.24) is 15.5 Å². The van der Waals surface area contributed by atoms with Gasteiger partial charge in [-0.05, 0) is 35.4 Å². The Morgan fingerprint density at radius 2 is 1.55 bits per heavy atom. The average molecular weight is 404 g/mol. The summed E-state index contributed by atoms with van der Waals surface area (Å²) in [7, 11) is 0. The molecule has 0 aliphatic heterocycles. The Balaban J connectivity index is 1.58. The lowest BCUT2D eigenvalue weighted by Crippen LogP contribution is -2.30. The summed E-state index contributed by atoms with van der Waals surface area (Å²) >= 11 is 5.92. The molecule has 0 aliphatic rings.